The van der Waals surface area contributed by atoms with Crippen molar-refractivity contribution in [2.45, 2.75) is 32.2 Å². The number of rotatable bonds is 4. The summed E-state index contributed by atoms with van der Waals surface area (Å²) in [6.07, 6.45) is 0. The molecule has 0 saturated carbocycles. The van der Waals surface area contributed by atoms with E-state index < -0.39 is 0 Å². The number of nitrogens with one attached hydrogen (secondary N) is 1. The molecule has 0 fully saturated rings. The van der Waals surface area contributed by atoms with Gasteiger partial charge in [-0.1, -0.05) is 42.5 Å². The Morgan fingerprint density at radius 1 is 0.786 bits per heavy atom. The molecule has 28 heavy (non-hydrogen) atoms. The summed E-state index contributed by atoms with van der Waals surface area (Å²) >= 11 is 0. The summed E-state index contributed by atoms with van der Waals surface area (Å²) in [4.78, 5) is 13.0. The first kappa shape index (κ1) is 19.5. The van der Waals surface area contributed by atoms with E-state index in [1.807, 2.05) is 69.3 Å². The third-order valence-electron chi connectivity index (χ3n) is 4.46. The van der Waals surface area contributed by atoms with Gasteiger partial charge in [0.25, 0.3) is 5.91 Å². The van der Waals surface area contributed by atoms with Gasteiger partial charge in [-0.25, -0.2) is 0 Å². The first-order chi connectivity index (χ1) is 13.2. The van der Waals surface area contributed by atoms with Gasteiger partial charge in [0.1, 0.15) is 11.5 Å². The van der Waals surface area contributed by atoms with E-state index in [9.17, 15) is 15.0 Å². The van der Waals surface area contributed by atoms with Gasteiger partial charge in [0.2, 0.25) is 0 Å². The number of benzene rings is 3. The van der Waals surface area contributed by atoms with Gasteiger partial charge in [0.15, 0.2) is 0 Å². The molecular weight excluding hydrogens is 350 g/mol. The first-order valence-corrected chi connectivity index (χ1v) is 9.24. The summed E-state index contributed by atoms with van der Waals surface area (Å²) in [5.41, 5.74) is 3.00. The summed E-state index contributed by atoms with van der Waals surface area (Å²) < 4.78 is 0. The van der Waals surface area contributed by atoms with Crippen molar-refractivity contribution < 1.29 is 15.0 Å². The van der Waals surface area contributed by atoms with E-state index in [1.165, 1.54) is 0 Å². The fraction of sp³-hybridized carbons (Fsp3) is 0.208. The van der Waals surface area contributed by atoms with E-state index in [0.29, 0.717) is 5.56 Å². The molecule has 0 aliphatic heterocycles. The average molecular weight is 375 g/mol. The molecule has 0 aliphatic carbocycles. The second kappa shape index (κ2) is 7.77. The minimum Gasteiger partial charge on any atom is -0.508 e. The molecule has 0 radical (unpaired) electrons. The van der Waals surface area contributed by atoms with Crippen LogP contribution in [0.5, 0.6) is 11.5 Å². The van der Waals surface area contributed by atoms with Crippen molar-refractivity contribution in [3.8, 4) is 11.5 Å². The van der Waals surface area contributed by atoms with Gasteiger partial charge >= 0.3 is 0 Å². The Bertz CT molecular complexity index is 909. The normalized spacial score (nSPS) is 11.4. The molecule has 144 valence electrons. The van der Waals surface area contributed by atoms with E-state index >= 15 is 0 Å². The molecule has 3 N–H and O–H groups in total. The number of carbonyl (C=O) groups is 1. The van der Waals surface area contributed by atoms with Gasteiger partial charge in [-0.05, 0) is 67.8 Å². The number of phenolic OH excluding ortho intramolecular Hbond substituents is 2. The third kappa shape index (κ3) is 4.52. The molecule has 4 heteroatoms. The number of amides is 1. The Morgan fingerprint density at radius 3 is 1.71 bits per heavy atom. The maximum Gasteiger partial charge on any atom is 0.251 e. The highest BCUT2D eigenvalue weighted by atomic mass is 16.3. The van der Waals surface area contributed by atoms with E-state index in [-0.39, 0.29) is 28.9 Å². The summed E-state index contributed by atoms with van der Waals surface area (Å²) in [7, 11) is 0. The lowest BCUT2D eigenvalue weighted by molar-refractivity contribution is 0.0918. The van der Waals surface area contributed by atoms with Gasteiger partial charge in [0, 0.05) is 17.0 Å². The predicted octanol–water partition coefficient (Wildman–Crippen LogP) is 4.81. The van der Waals surface area contributed by atoms with Crippen LogP contribution in [0.3, 0.4) is 0 Å². The van der Waals surface area contributed by atoms with Crippen LogP contribution in [-0.2, 0) is 0 Å². The molecule has 0 atom stereocenters. The topological polar surface area (TPSA) is 69.6 Å². The quantitative estimate of drug-likeness (QED) is 0.573. The first-order valence-electron chi connectivity index (χ1n) is 9.24. The maximum absolute atomic E-state index is 13.0. The van der Waals surface area contributed by atoms with Crippen molar-refractivity contribution in [3.05, 3.63) is 95.1 Å². The number of phenols is 2. The second-order valence-corrected chi connectivity index (χ2v) is 7.91. The lowest BCUT2D eigenvalue weighted by atomic mass is 9.82. The molecule has 3 aromatic carbocycles. The fourth-order valence-corrected chi connectivity index (χ4v) is 3.25. The molecule has 1 amide bonds. The molecule has 0 bridgehead atoms. The van der Waals surface area contributed by atoms with Crippen LogP contribution in [0.4, 0.5) is 0 Å². The van der Waals surface area contributed by atoms with Crippen LogP contribution in [0.25, 0.3) is 0 Å². The fourth-order valence-electron chi connectivity index (χ4n) is 3.25. The van der Waals surface area contributed by atoms with Crippen LogP contribution in [0.2, 0.25) is 0 Å². The van der Waals surface area contributed by atoms with Crippen molar-refractivity contribution in [1.29, 1.82) is 0 Å². The van der Waals surface area contributed by atoms with Crippen LogP contribution in [-0.4, -0.2) is 21.7 Å². The number of carbonyl (C=O) groups excluding carboxylic acids is 1. The monoisotopic (exact) mass is 375 g/mol. The average Bonchev–Trinajstić information content (AvgIpc) is 2.64. The lowest BCUT2D eigenvalue weighted by Gasteiger charge is -2.25. The molecule has 0 saturated heterocycles. The second-order valence-electron chi connectivity index (χ2n) is 7.91. The Morgan fingerprint density at radius 2 is 1.25 bits per heavy atom. The zero-order chi connectivity index (χ0) is 20.3. The molecule has 0 unspecified atom stereocenters. The molecule has 0 aliphatic rings. The Balaban J connectivity index is 2.15. The SMILES string of the molecule is CC(C)(C)NC(=O)c1ccccc1C(c1ccc(O)cc1)c1ccc(O)cc1. The van der Waals surface area contributed by atoms with Crippen molar-refractivity contribution in [2.75, 3.05) is 0 Å². The number of aromatic hydroxyl groups is 2. The van der Waals surface area contributed by atoms with Crippen LogP contribution in [0, 0.1) is 0 Å². The van der Waals surface area contributed by atoms with E-state index in [4.69, 9.17) is 0 Å². The lowest BCUT2D eigenvalue weighted by Crippen LogP contribution is -2.41. The van der Waals surface area contributed by atoms with Crippen LogP contribution in [0.1, 0.15) is 53.7 Å². The van der Waals surface area contributed by atoms with Crippen LogP contribution < -0.4 is 5.32 Å². The Kier molecular flexibility index (Phi) is 5.41. The van der Waals surface area contributed by atoms with Gasteiger partial charge < -0.3 is 15.5 Å². The van der Waals surface area contributed by atoms with E-state index in [1.54, 1.807) is 24.3 Å². The number of hydrogen-bond donors (Lipinski definition) is 3. The smallest absolute Gasteiger partial charge is 0.251 e. The summed E-state index contributed by atoms with van der Waals surface area (Å²) in [6, 6.07) is 21.5. The van der Waals surface area contributed by atoms with Crippen LogP contribution in [0.15, 0.2) is 72.8 Å². The van der Waals surface area contributed by atoms with E-state index in [0.717, 1.165) is 16.7 Å². The van der Waals surface area contributed by atoms with E-state index in [2.05, 4.69) is 5.32 Å². The minimum atomic E-state index is -0.350. The molecule has 3 aromatic rings. The molecule has 0 spiro atoms. The van der Waals surface area contributed by atoms with Crippen LogP contribution >= 0.6 is 0 Å². The summed E-state index contributed by atoms with van der Waals surface area (Å²) in [5, 5.41) is 22.4. The third-order valence-corrected chi connectivity index (χ3v) is 4.46. The Labute approximate surface area is 165 Å². The van der Waals surface area contributed by atoms with Crippen molar-refractivity contribution in [3.63, 3.8) is 0 Å². The predicted molar refractivity (Wildman–Crippen MR) is 111 cm³/mol. The van der Waals surface area contributed by atoms with Gasteiger partial charge in [0.05, 0.1) is 0 Å². The number of hydrogen-bond acceptors (Lipinski definition) is 3. The zero-order valence-electron chi connectivity index (χ0n) is 16.3. The highest BCUT2D eigenvalue weighted by Gasteiger charge is 2.24. The minimum absolute atomic E-state index is 0.134. The van der Waals surface area contributed by atoms with Crippen molar-refractivity contribution in [1.82, 2.24) is 5.32 Å². The maximum atomic E-state index is 13.0. The van der Waals surface area contributed by atoms with Gasteiger partial charge in [-0.15, -0.1) is 0 Å². The van der Waals surface area contributed by atoms with Gasteiger partial charge in [-0.3, -0.25) is 4.79 Å². The molecule has 0 aromatic heterocycles. The zero-order valence-corrected chi connectivity index (χ0v) is 16.3. The summed E-state index contributed by atoms with van der Waals surface area (Å²) in [6.45, 7) is 5.85. The Hall–Kier alpha value is -3.27. The van der Waals surface area contributed by atoms with Crippen molar-refractivity contribution >= 4 is 5.91 Å². The molecular formula is C24H25NO3. The molecule has 3 rings (SSSR count). The highest BCUT2D eigenvalue weighted by Crippen LogP contribution is 2.35. The molecule has 0 heterocycles. The highest BCUT2D eigenvalue weighted by molar-refractivity contribution is 5.96. The molecule has 4 nitrogen and oxygen atoms in total. The van der Waals surface area contributed by atoms with Gasteiger partial charge in [-0.2, -0.15) is 0 Å². The summed E-state index contributed by atoms with van der Waals surface area (Å²) in [5.74, 6) is 0.0210. The van der Waals surface area contributed by atoms with Crippen molar-refractivity contribution in [2.24, 2.45) is 0 Å². The standard InChI is InChI=1S/C24H25NO3/c1-24(2,3)25-23(28)21-7-5-4-6-20(21)22(16-8-12-18(26)13-9-16)17-10-14-19(27)15-11-17/h4-15,22,26-27H,1-3H3,(H,25,28). The largest absolute Gasteiger partial charge is 0.508 e.